The third-order valence-electron chi connectivity index (χ3n) is 2.69. The van der Waals surface area contributed by atoms with Crippen LogP contribution in [0.5, 0.6) is 0 Å². The predicted molar refractivity (Wildman–Crippen MR) is 70.7 cm³/mol. The van der Waals surface area contributed by atoms with Crippen LogP contribution in [0.25, 0.3) is 0 Å². The fraction of sp³-hybridized carbons (Fsp3) is 0.250. The molecule has 2 aromatic rings. The summed E-state index contributed by atoms with van der Waals surface area (Å²) in [5, 5.41) is 0. The van der Waals surface area contributed by atoms with Crippen LogP contribution in [-0.4, -0.2) is 5.78 Å². The molecule has 2 nitrogen and oxygen atoms in total. The van der Waals surface area contributed by atoms with Crippen molar-refractivity contribution in [3.8, 4) is 0 Å². The lowest BCUT2D eigenvalue weighted by Crippen LogP contribution is -2.02. The van der Waals surface area contributed by atoms with Crippen LogP contribution in [0.2, 0.25) is 8.67 Å². The van der Waals surface area contributed by atoms with Gasteiger partial charge in [-0.3, -0.25) is 4.79 Å². The zero-order valence-electron chi connectivity index (χ0n) is 9.56. The van der Waals surface area contributed by atoms with E-state index in [-0.39, 0.29) is 5.78 Å². The number of thiophene rings is 1. The van der Waals surface area contributed by atoms with Gasteiger partial charge < -0.3 is 4.42 Å². The van der Waals surface area contributed by atoms with Crippen LogP contribution in [0.4, 0.5) is 0 Å². The Morgan fingerprint density at radius 1 is 1.24 bits per heavy atom. The van der Waals surface area contributed by atoms with E-state index < -0.39 is 0 Å². The van der Waals surface area contributed by atoms with Crippen molar-refractivity contribution in [2.45, 2.75) is 20.8 Å². The minimum Gasteiger partial charge on any atom is -0.466 e. The summed E-state index contributed by atoms with van der Waals surface area (Å²) in [5.74, 6) is 1.23. The number of ketones is 1. The van der Waals surface area contributed by atoms with Gasteiger partial charge in [0.05, 0.1) is 15.5 Å². The van der Waals surface area contributed by atoms with Gasteiger partial charge in [0.1, 0.15) is 15.9 Å². The monoisotopic (exact) mass is 288 g/mol. The summed E-state index contributed by atoms with van der Waals surface area (Å²) in [6.45, 7) is 5.47. The fourth-order valence-corrected chi connectivity index (χ4v) is 3.22. The molecule has 2 rings (SSSR count). The molecule has 5 heteroatoms. The third-order valence-corrected chi connectivity index (χ3v) is 4.18. The van der Waals surface area contributed by atoms with Crippen LogP contribution in [0.1, 0.15) is 33.0 Å². The molecule has 0 bridgehead atoms. The van der Waals surface area contributed by atoms with E-state index in [1.807, 2.05) is 13.8 Å². The standard InChI is InChI=1S/C12H10Cl2O2S/c1-5-6(2)16-7(3)10(5)11(15)8-4-9(13)17-12(8)14/h4H,1-3H3. The van der Waals surface area contributed by atoms with Gasteiger partial charge in [-0.2, -0.15) is 0 Å². The van der Waals surface area contributed by atoms with E-state index in [0.29, 0.717) is 25.6 Å². The number of hydrogen-bond acceptors (Lipinski definition) is 3. The van der Waals surface area contributed by atoms with Crippen LogP contribution in [0, 0.1) is 20.8 Å². The number of furan rings is 1. The Bertz CT molecular complexity index is 596. The van der Waals surface area contributed by atoms with Gasteiger partial charge in [0, 0.05) is 5.56 Å². The third kappa shape index (κ3) is 2.15. The highest BCUT2D eigenvalue weighted by molar-refractivity contribution is 7.20. The average molecular weight is 289 g/mol. The molecule has 0 aliphatic heterocycles. The molecule has 17 heavy (non-hydrogen) atoms. The van der Waals surface area contributed by atoms with Gasteiger partial charge in [0.15, 0.2) is 5.78 Å². The van der Waals surface area contributed by atoms with Gasteiger partial charge in [-0.25, -0.2) is 0 Å². The Balaban J connectivity index is 2.55. The topological polar surface area (TPSA) is 30.2 Å². The first-order valence-electron chi connectivity index (χ1n) is 4.98. The second-order valence-electron chi connectivity index (χ2n) is 3.78. The largest absolute Gasteiger partial charge is 0.466 e. The van der Waals surface area contributed by atoms with Gasteiger partial charge in [-0.1, -0.05) is 23.2 Å². The lowest BCUT2D eigenvalue weighted by atomic mass is 10.0. The molecule has 0 radical (unpaired) electrons. The number of halogens is 2. The highest BCUT2D eigenvalue weighted by Crippen LogP contribution is 2.34. The molecule has 90 valence electrons. The Kier molecular flexibility index (Phi) is 3.34. The number of rotatable bonds is 2. The SMILES string of the molecule is Cc1oc(C)c(C(=O)c2cc(Cl)sc2Cl)c1C. The molecule has 0 fully saturated rings. The summed E-state index contributed by atoms with van der Waals surface area (Å²) < 4.78 is 6.36. The summed E-state index contributed by atoms with van der Waals surface area (Å²) in [7, 11) is 0. The van der Waals surface area contributed by atoms with Gasteiger partial charge in [-0.05, 0) is 26.8 Å². The molecule has 0 aromatic carbocycles. The molecule has 0 unspecified atom stereocenters. The summed E-state index contributed by atoms with van der Waals surface area (Å²) in [4.78, 5) is 12.3. The van der Waals surface area contributed by atoms with Crippen molar-refractivity contribution >= 4 is 40.3 Å². The Morgan fingerprint density at radius 3 is 2.29 bits per heavy atom. The van der Waals surface area contributed by atoms with Gasteiger partial charge in [-0.15, -0.1) is 11.3 Å². The summed E-state index contributed by atoms with van der Waals surface area (Å²) in [6, 6.07) is 1.60. The summed E-state index contributed by atoms with van der Waals surface area (Å²) in [5.41, 5.74) is 1.87. The molecule has 2 aromatic heterocycles. The Labute approximate surface area is 113 Å². The van der Waals surface area contributed by atoms with E-state index in [4.69, 9.17) is 27.6 Å². The first-order valence-corrected chi connectivity index (χ1v) is 6.55. The molecular formula is C12H10Cl2O2S. The summed E-state index contributed by atoms with van der Waals surface area (Å²) >= 11 is 13.0. The minimum absolute atomic E-state index is 0.134. The molecule has 2 heterocycles. The fourth-order valence-electron chi connectivity index (χ4n) is 1.76. The molecule has 0 atom stereocenters. The number of hydrogen-bond donors (Lipinski definition) is 0. The zero-order chi connectivity index (χ0) is 12.7. The zero-order valence-corrected chi connectivity index (χ0v) is 11.9. The van der Waals surface area contributed by atoms with Gasteiger partial charge in [0.25, 0.3) is 0 Å². The molecule has 0 saturated heterocycles. The average Bonchev–Trinajstić information content (AvgIpc) is 2.68. The molecule has 0 aliphatic rings. The molecular weight excluding hydrogens is 279 g/mol. The normalized spacial score (nSPS) is 10.9. The van der Waals surface area contributed by atoms with Crippen LogP contribution >= 0.6 is 34.5 Å². The van der Waals surface area contributed by atoms with Crippen molar-refractivity contribution in [3.05, 3.63) is 42.9 Å². The van der Waals surface area contributed by atoms with E-state index in [1.165, 1.54) is 11.3 Å². The van der Waals surface area contributed by atoms with Crippen LogP contribution in [0.15, 0.2) is 10.5 Å². The first kappa shape index (κ1) is 12.7. The molecule has 0 saturated carbocycles. The van der Waals surface area contributed by atoms with Crippen molar-refractivity contribution in [1.82, 2.24) is 0 Å². The number of carbonyl (C=O) groups excluding carboxylic acids is 1. The number of aryl methyl sites for hydroxylation is 2. The smallest absolute Gasteiger partial charge is 0.199 e. The Morgan fingerprint density at radius 2 is 1.88 bits per heavy atom. The van der Waals surface area contributed by atoms with Crippen molar-refractivity contribution in [1.29, 1.82) is 0 Å². The highest BCUT2D eigenvalue weighted by atomic mass is 35.5. The maximum Gasteiger partial charge on any atom is 0.199 e. The number of carbonyl (C=O) groups is 1. The van der Waals surface area contributed by atoms with Crippen LogP contribution in [-0.2, 0) is 0 Å². The first-order chi connectivity index (χ1) is 7.91. The maximum absolute atomic E-state index is 12.3. The van der Waals surface area contributed by atoms with Crippen LogP contribution in [0.3, 0.4) is 0 Å². The molecule has 0 amide bonds. The maximum atomic E-state index is 12.3. The van der Waals surface area contributed by atoms with E-state index in [9.17, 15) is 4.79 Å². The second kappa shape index (κ2) is 4.48. The lowest BCUT2D eigenvalue weighted by Gasteiger charge is -1.99. The minimum atomic E-state index is -0.134. The predicted octanol–water partition coefficient (Wildman–Crippen LogP) is 4.80. The van der Waals surface area contributed by atoms with Gasteiger partial charge in [0.2, 0.25) is 0 Å². The second-order valence-corrected chi connectivity index (χ2v) is 6.07. The van der Waals surface area contributed by atoms with E-state index in [0.717, 1.165) is 11.3 Å². The van der Waals surface area contributed by atoms with Crippen molar-refractivity contribution in [2.75, 3.05) is 0 Å². The van der Waals surface area contributed by atoms with Crippen molar-refractivity contribution in [2.24, 2.45) is 0 Å². The van der Waals surface area contributed by atoms with Crippen molar-refractivity contribution < 1.29 is 9.21 Å². The summed E-state index contributed by atoms with van der Waals surface area (Å²) in [6.07, 6.45) is 0. The Hall–Kier alpha value is -0.770. The van der Waals surface area contributed by atoms with Crippen LogP contribution < -0.4 is 0 Å². The van der Waals surface area contributed by atoms with Gasteiger partial charge >= 0.3 is 0 Å². The highest BCUT2D eigenvalue weighted by Gasteiger charge is 2.23. The van der Waals surface area contributed by atoms with Crippen molar-refractivity contribution in [3.63, 3.8) is 0 Å². The molecule has 0 spiro atoms. The molecule has 0 aliphatic carbocycles. The van der Waals surface area contributed by atoms with E-state index in [2.05, 4.69) is 0 Å². The quantitative estimate of drug-likeness (QED) is 0.743. The van der Waals surface area contributed by atoms with E-state index in [1.54, 1.807) is 13.0 Å². The molecule has 0 N–H and O–H groups in total. The van der Waals surface area contributed by atoms with E-state index >= 15 is 0 Å². The lowest BCUT2D eigenvalue weighted by molar-refractivity contribution is 0.103.